The molecule has 0 unspecified atom stereocenters. The third kappa shape index (κ3) is 2.64. The standard InChI is InChI=1S/C20H19N3O2S/c1-11-9-15(25-2)18(22-13-5-3-12(10-21)4-6-13)16-14-7-8-26-19(14)20(24)23-17(11)16/h3-9,22H,10,21H2,1-2H3,(H,23,24). The summed E-state index contributed by atoms with van der Waals surface area (Å²) in [5.74, 6) is 0.734. The maximum Gasteiger partial charge on any atom is 0.266 e. The van der Waals surface area contributed by atoms with Crippen LogP contribution in [0.4, 0.5) is 11.4 Å². The molecule has 0 aliphatic heterocycles. The Kier molecular flexibility index (Phi) is 4.14. The molecular formula is C20H19N3O2S. The second kappa shape index (κ2) is 6.48. The van der Waals surface area contributed by atoms with E-state index in [1.165, 1.54) is 11.3 Å². The van der Waals surface area contributed by atoms with Gasteiger partial charge in [0.2, 0.25) is 0 Å². The highest BCUT2D eigenvalue weighted by molar-refractivity contribution is 7.17. The predicted molar refractivity (Wildman–Crippen MR) is 109 cm³/mol. The van der Waals surface area contributed by atoms with Crippen molar-refractivity contribution >= 4 is 43.7 Å². The molecule has 26 heavy (non-hydrogen) atoms. The van der Waals surface area contributed by atoms with Gasteiger partial charge in [0.1, 0.15) is 10.4 Å². The number of methoxy groups -OCH3 is 1. The maximum atomic E-state index is 12.4. The van der Waals surface area contributed by atoms with Crippen LogP contribution in [0.15, 0.2) is 46.6 Å². The van der Waals surface area contributed by atoms with Gasteiger partial charge in [-0.2, -0.15) is 0 Å². The lowest BCUT2D eigenvalue weighted by molar-refractivity contribution is 0.417. The summed E-state index contributed by atoms with van der Waals surface area (Å²) in [6, 6.07) is 11.9. The first-order chi connectivity index (χ1) is 12.6. The van der Waals surface area contributed by atoms with Crippen LogP contribution in [0.2, 0.25) is 0 Å². The molecule has 4 N–H and O–H groups in total. The monoisotopic (exact) mass is 365 g/mol. The minimum absolute atomic E-state index is 0.0611. The molecule has 2 heterocycles. The molecule has 2 aromatic carbocycles. The Morgan fingerprint density at radius 2 is 2.00 bits per heavy atom. The number of nitrogens with one attached hydrogen (secondary N) is 2. The maximum absolute atomic E-state index is 12.4. The first kappa shape index (κ1) is 16.6. The second-order valence-electron chi connectivity index (χ2n) is 6.16. The van der Waals surface area contributed by atoms with Gasteiger partial charge < -0.3 is 20.8 Å². The van der Waals surface area contributed by atoms with Gasteiger partial charge in [0.05, 0.1) is 18.3 Å². The van der Waals surface area contributed by atoms with Gasteiger partial charge in [-0.3, -0.25) is 4.79 Å². The molecule has 4 aromatic rings. The summed E-state index contributed by atoms with van der Waals surface area (Å²) < 4.78 is 6.35. The molecule has 0 fully saturated rings. The Balaban J connectivity index is 2.00. The van der Waals surface area contributed by atoms with E-state index in [1.807, 2.05) is 48.7 Å². The van der Waals surface area contributed by atoms with Gasteiger partial charge >= 0.3 is 0 Å². The first-order valence-electron chi connectivity index (χ1n) is 8.29. The summed E-state index contributed by atoms with van der Waals surface area (Å²) >= 11 is 1.44. The fourth-order valence-electron chi connectivity index (χ4n) is 3.22. The molecule has 5 nitrogen and oxygen atoms in total. The molecule has 0 aliphatic carbocycles. The fourth-order valence-corrected chi connectivity index (χ4v) is 4.02. The van der Waals surface area contributed by atoms with Crippen molar-refractivity contribution in [3.8, 4) is 5.75 Å². The summed E-state index contributed by atoms with van der Waals surface area (Å²) in [6.07, 6.45) is 0. The van der Waals surface area contributed by atoms with Crippen molar-refractivity contribution in [2.75, 3.05) is 12.4 Å². The van der Waals surface area contributed by atoms with E-state index in [4.69, 9.17) is 10.5 Å². The number of pyridine rings is 1. The van der Waals surface area contributed by atoms with E-state index < -0.39 is 0 Å². The SMILES string of the molecule is COc1cc(C)c2[nH]c(=O)c3sccc3c2c1Nc1ccc(CN)cc1. The van der Waals surface area contributed by atoms with Crippen LogP contribution in [-0.2, 0) is 6.54 Å². The molecule has 0 aliphatic rings. The Labute approximate surface area is 154 Å². The minimum Gasteiger partial charge on any atom is -0.495 e. The number of H-pyrrole nitrogens is 1. The number of hydrogen-bond donors (Lipinski definition) is 3. The van der Waals surface area contributed by atoms with Crippen molar-refractivity contribution in [1.82, 2.24) is 4.98 Å². The van der Waals surface area contributed by atoms with Crippen LogP contribution in [0.5, 0.6) is 5.75 Å². The molecule has 132 valence electrons. The van der Waals surface area contributed by atoms with Crippen molar-refractivity contribution in [3.63, 3.8) is 0 Å². The number of thiophene rings is 1. The number of fused-ring (bicyclic) bond motifs is 3. The molecule has 0 atom stereocenters. The quantitative estimate of drug-likeness (QED) is 0.505. The Morgan fingerprint density at radius 1 is 1.23 bits per heavy atom. The van der Waals surface area contributed by atoms with E-state index in [0.717, 1.165) is 44.5 Å². The van der Waals surface area contributed by atoms with E-state index in [0.29, 0.717) is 11.2 Å². The van der Waals surface area contributed by atoms with Gasteiger partial charge in [0, 0.05) is 23.0 Å². The average molecular weight is 365 g/mol. The van der Waals surface area contributed by atoms with Crippen molar-refractivity contribution in [2.24, 2.45) is 5.73 Å². The zero-order chi connectivity index (χ0) is 18.3. The molecule has 4 rings (SSSR count). The van der Waals surface area contributed by atoms with Crippen LogP contribution in [0.3, 0.4) is 0 Å². The van der Waals surface area contributed by atoms with E-state index in [-0.39, 0.29) is 5.56 Å². The topological polar surface area (TPSA) is 80.1 Å². The van der Waals surface area contributed by atoms with Crippen LogP contribution in [-0.4, -0.2) is 12.1 Å². The lowest BCUT2D eigenvalue weighted by Gasteiger charge is -2.17. The molecule has 6 heteroatoms. The summed E-state index contributed by atoms with van der Waals surface area (Å²) in [5, 5.41) is 7.29. The number of aryl methyl sites for hydroxylation is 1. The van der Waals surface area contributed by atoms with E-state index in [1.54, 1.807) is 7.11 Å². The zero-order valence-corrected chi connectivity index (χ0v) is 15.4. The van der Waals surface area contributed by atoms with Gasteiger partial charge in [0.15, 0.2) is 0 Å². The van der Waals surface area contributed by atoms with Gasteiger partial charge in [-0.15, -0.1) is 11.3 Å². The third-order valence-electron chi connectivity index (χ3n) is 4.55. The van der Waals surface area contributed by atoms with Crippen LogP contribution in [0.25, 0.3) is 21.0 Å². The van der Waals surface area contributed by atoms with Crippen molar-refractivity contribution in [2.45, 2.75) is 13.5 Å². The predicted octanol–water partition coefficient (Wildman–Crippen LogP) is 4.26. The van der Waals surface area contributed by atoms with E-state index in [2.05, 4.69) is 10.3 Å². The van der Waals surface area contributed by atoms with Crippen molar-refractivity contribution in [1.29, 1.82) is 0 Å². The number of hydrogen-bond acceptors (Lipinski definition) is 5. The third-order valence-corrected chi connectivity index (χ3v) is 5.46. The van der Waals surface area contributed by atoms with Crippen LogP contribution in [0.1, 0.15) is 11.1 Å². The second-order valence-corrected chi connectivity index (χ2v) is 7.08. The smallest absolute Gasteiger partial charge is 0.266 e. The molecule has 0 saturated heterocycles. The molecule has 0 saturated carbocycles. The molecular weight excluding hydrogens is 346 g/mol. The van der Waals surface area contributed by atoms with Crippen LogP contribution in [0, 0.1) is 6.92 Å². The molecule has 2 aromatic heterocycles. The number of rotatable bonds is 4. The normalized spacial score (nSPS) is 11.2. The van der Waals surface area contributed by atoms with E-state index >= 15 is 0 Å². The van der Waals surface area contributed by atoms with Crippen LogP contribution < -0.4 is 21.3 Å². The highest BCUT2D eigenvalue weighted by atomic mass is 32.1. The largest absolute Gasteiger partial charge is 0.495 e. The first-order valence-corrected chi connectivity index (χ1v) is 9.17. The molecule has 0 spiro atoms. The number of nitrogens with two attached hydrogens (primary N) is 1. The number of anilines is 2. The molecule has 0 radical (unpaired) electrons. The van der Waals surface area contributed by atoms with Gasteiger partial charge in [0.25, 0.3) is 5.56 Å². The fraction of sp³-hybridized carbons (Fsp3) is 0.150. The Bertz CT molecular complexity index is 1160. The number of aromatic nitrogens is 1. The average Bonchev–Trinajstić information content (AvgIpc) is 3.15. The van der Waals surface area contributed by atoms with Crippen LogP contribution >= 0.6 is 11.3 Å². The summed E-state index contributed by atoms with van der Waals surface area (Å²) in [7, 11) is 1.65. The van der Waals surface area contributed by atoms with Gasteiger partial charge in [-0.05, 0) is 47.7 Å². The molecule has 0 bridgehead atoms. The molecule has 0 amide bonds. The zero-order valence-electron chi connectivity index (χ0n) is 14.6. The number of aromatic amines is 1. The lowest BCUT2D eigenvalue weighted by Crippen LogP contribution is -2.07. The number of benzene rings is 2. The van der Waals surface area contributed by atoms with Gasteiger partial charge in [-0.25, -0.2) is 0 Å². The lowest BCUT2D eigenvalue weighted by atomic mass is 10.0. The van der Waals surface area contributed by atoms with E-state index in [9.17, 15) is 4.79 Å². The summed E-state index contributed by atoms with van der Waals surface area (Å²) in [4.78, 5) is 15.4. The Morgan fingerprint density at radius 3 is 2.69 bits per heavy atom. The number of ether oxygens (including phenoxy) is 1. The summed E-state index contributed by atoms with van der Waals surface area (Å²) in [6.45, 7) is 2.48. The summed E-state index contributed by atoms with van der Waals surface area (Å²) in [5.41, 5.74) is 10.2. The minimum atomic E-state index is -0.0611. The highest BCUT2D eigenvalue weighted by Gasteiger charge is 2.17. The van der Waals surface area contributed by atoms with Crippen molar-refractivity contribution in [3.05, 3.63) is 63.3 Å². The van der Waals surface area contributed by atoms with Crippen molar-refractivity contribution < 1.29 is 4.74 Å². The Hall–Kier alpha value is -2.83. The highest BCUT2D eigenvalue weighted by Crippen LogP contribution is 2.40. The van der Waals surface area contributed by atoms with Gasteiger partial charge in [-0.1, -0.05) is 12.1 Å².